The number of carbonyl (C=O) groups is 1. The third kappa shape index (κ3) is 2.97. The third-order valence-electron chi connectivity index (χ3n) is 3.08. The Morgan fingerprint density at radius 3 is 2.35 bits per heavy atom. The molecule has 7 heteroatoms. The molecule has 1 heterocycles. The van der Waals surface area contributed by atoms with E-state index in [1.807, 2.05) is 0 Å². The second-order valence-electron chi connectivity index (χ2n) is 4.47. The Morgan fingerprint density at radius 1 is 1.10 bits per heavy atom. The van der Waals surface area contributed by atoms with Crippen LogP contribution in [-0.2, 0) is 9.47 Å². The van der Waals surface area contributed by atoms with Crippen molar-refractivity contribution >= 4 is 5.97 Å². The van der Waals surface area contributed by atoms with Gasteiger partial charge in [0.25, 0.3) is 0 Å². The van der Waals surface area contributed by atoms with Crippen LogP contribution in [-0.4, -0.2) is 63.7 Å². The fourth-order valence-electron chi connectivity index (χ4n) is 1.91. The van der Waals surface area contributed by atoms with Gasteiger partial charge >= 0.3 is 5.97 Å². The zero-order valence-electron chi connectivity index (χ0n) is 10.5. The molecular weight excluding hydrogens is 268 g/mol. The summed E-state index contributed by atoms with van der Waals surface area (Å²) in [5.41, 5.74) is 0.254. The molecule has 1 saturated heterocycles. The van der Waals surface area contributed by atoms with Crippen LogP contribution in [0.4, 0.5) is 0 Å². The molecule has 4 N–H and O–H groups in total. The molecule has 0 amide bonds. The van der Waals surface area contributed by atoms with E-state index in [9.17, 15) is 20.1 Å². The Hall–Kier alpha value is -1.51. The summed E-state index contributed by atoms with van der Waals surface area (Å²) in [7, 11) is 0. The zero-order chi connectivity index (χ0) is 14.7. The lowest BCUT2D eigenvalue weighted by Gasteiger charge is -2.39. The Morgan fingerprint density at radius 2 is 1.75 bits per heavy atom. The molecule has 1 aromatic carbocycles. The van der Waals surface area contributed by atoms with Crippen molar-refractivity contribution in [2.45, 2.75) is 30.7 Å². The van der Waals surface area contributed by atoms with Crippen molar-refractivity contribution in [2.24, 2.45) is 0 Å². The maximum Gasteiger partial charge on any atom is 0.340 e. The topological polar surface area (TPSA) is 116 Å². The standard InChI is InChI=1S/C13H16O7/c14-6-8-9(15)10(16)11(17)13(19-8)20-12(18)7-4-2-1-3-5-7/h1-5,8-11,13-17H,6H2/t8-,9+,10+,11-,13?/m1/s1. The van der Waals surface area contributed by atoms with Crippen molar-refractivity contribution in [2.75, 3.05) is 6.61 Å². The van der Waals surface area contributed by atoms with Crippen molar-refractivity contribution in [1.29, 1.82) is 0 Å². The quantitative estimate of drug-likeness (QED) is 0.507. The summed E-state index contributed by atoms with van der Waals surface area (Å²) < 4.78 is 10.0. The summed E-state index contributed by atoms with van der Waals surface area (Å²) in [6.07, 6.45) is -7.23. The fourth-order valence-corrected chi connectivity index (χ4v) is 1.91. The lowest BCUT2D eigenvalue weighted by Crippen LogP contribution is -2.59. The molecular formula is C13H16O7. The van der Waals surface area contributed by atoms with E-state index in [0.29, 0.717) is 0 Å². The Labute approximate surface area is 115 Å². The molecule has 0 aliphatic carbocycles. The van der Waals surface area contributed by atoms with Crippen LogP contribution >= 0.6 is 0 Å². The van der Waals surface area contributed by atoms with E-state index in [-0.39, 0.29) is 5.56 Å². The smallest absolute Gasteiger partial charge is 0.340 e. The van der Waals surface area contributed by atoms with Crippen LogP contribution in [0.2, 0.25) is 0 Å². The minimum Gasteiger partial charge on any atom is -0.429 e. The SMILES string of the molecule is O=C(OC1O[C@H](CO)[C@H](O)[C@H](O)[C@H]1O)c1ccccc1. The van der Waals surface area contributed by atoms with Gasteiger partial charge in [0.2, 0.25) is 6.29 Å². The van der Waals surface area contributed by atoms with Crippen LogP contribution in [0.3, 0.4) is 0 Å². The van der Waals surface area contributed by atoms with Crippen molar-refractivity contribution in [1.82, 2.24) is 0 Å². The minimum atomic E-state index is -1.60. The molecule has 0 radical (unpaired) electrons. The van der Waals surface area contributed by atoms with E-state index in [0.717, 1.165) is 0 Å². The number of esters is 1. The molecule has 1 aromatic rings. The fraction of sp³-hybridized carbons (Fsp3) is 0.462. The Bertz CT molecular complexity index is 447. The van der Waals surface area contributed by atoms with E-state index in [1.54, 1.807) is 18.2 Å². The number of aliphatic hydroxyl groups is 4. The molecule has 1 unspecified atom stereocenters. The first-order valence-electron chi connectivity index (χ1n) is 6.11. The molecule has 20 heavy (non-hydrogen) atoms. The van der Waals surface area contributed by atoms with Gasteiger partial charge in [0.05, 0.1) is 12.2 Å². The van der Waals surface area contributed by atoms with Gasteiger partial charge in [0.15, 0.2) is 0 Å². The van der Waals surface area contributed by atoms with Crippen LogP contribution in [0.25, 0.3) is 0 Å². The van der Waals surface area contributed by atoms with Crippen molar-refractivity contribution in [3.05, 3.63) is 35.9 Å². The monoisotopic (exact) mass is 284 g/mol. The molecule has 0 aromatic heterocycles. The average Bonchev–Trinajstić information content (AvgIpc) is 2.48. The van der Waals surface area contributed by atoms with Gasteiger partial charge < -0.3 is 29.9 Å². The van der Waals surface area contributed by atoms with E-state index in [1.165, 1.54) is 12.1 Å². The van der Waals surface area contributed by atoms with Crippen molar-refractivity contribution in [3.63, 3.8) is 0 Å². The van der Waals surface area contributed by atoms with Crippen LogP contribution < -0.4 is 0 Å². The molecule has 0 spiro atoms. The van der Waals surface area contributed by atoms with Gasteiger partial charge in [-0.15, -0.1) is 0 Å². The van der Waals surface area contributed by atoms with Crippen LogP contribution in [0, 0.1) is 0 Å². The Kier molecular flexibility index (Phi) is 4.69. The number of carbonyl (C=O) groups excluding carboxylic acids is 1. The number of benzene rings is 1. The highest BCUT2D eigenvalue weighted by atomic mass is 16.7. The number of aliphatic hydroxyl groups excluding tert-OH is 4. The van der Waals surface area contributed by atoms with Crippen molar-refractivity contribution < 1.29 is 34.7 Å². The number of hydrogen-bond donors (Lipinski definition) is 4. The van der Waals surface area contributed by atoms with E-state index in [4.69, 9.17) is 14.6 Å². The highest BCUT2D eigenvalue weighted by molar-refractivity contribution is 5.89. The van der Waals surface area contributed by atoms with Crippen LogP contribution in [0.15, 0.2) is 30.3 Å². The number of hydrogen-bond acceptors (Lipinski definition) is 7. The first-order chi connectivity index (χ1) is 9.54. The molecule has 0 saturated carbocycles. The predicted octanol–water partition coefficient (Wildman–Crippen LogP) is -1.36. The summed E-state index contributed by atoms with van der Waals surface area (Å²) in [5.74, 6) is -0.741. The highest BCUT2D eigenvalue weighted by Crippen LogP contribution is 2.22. The van der Waals surface area contributed by atoms with Gasteiger partial charge in [0, 0.05) is 0 Å². The van der Waals surface area contributed by atoms with E-state index < -0.39 is 43.3 Å². The van der Waals surface area contributed by atoms with Crippen LogP contribution in [0.1, 0.15) is 10.4 Å². The number of rotatable bonds is 3. The first-order valence-corrected chi connectivity index (χ1v) is 6.11. The molecule has 110 valence electrons. The van der Waals surface area contributed by atoms with Gasteiger partial charge in [-0.3, -0.25) is 0 Å². The highest BCUT2D eigenvalue weighted by Gasteiger charge is 2.45. The second kappa shape index (κ2) is 6.29. The summed E-state index contributed by atoms with van der Waals surface area (Å²) in [4.78, 5) is 11.8. The summed E-state index contributed by atoms with van der Waals surface area (Å²) in [6.45, 7) is -0.579. The third-order valence-corrected chi connectivity index (χ3v) is 3.08. The van der Waals surface area contributed by atoms with Gasteiger partial charge in [-0.1, -0.05) is 18.2 Å². The lowest BCUT2D eigenvalue weighted by atomic mass is 9.99. The van der Waals surface area contributed by atoms with E-state index in [2.05, 4.69) is 0 Å². The summed E-state index contributed by atoms with van der Waals surface area (Å²) in [6, 6.07) is 8.05. The van der Waals surface area contributed by atoms with Crippen molar-refractivity contribution in [3.8, 4) is 0 Å². The maximum absolute atomic E-state index is 11.8. The molecule has 1 aliphatic heterocycles. The zero-order valence-corrected chi connectivity index (χ0v) is 10.5. The largest absolute Gasteiger partial charge is 0.429 e. The summed E-state index contributed by atoms with van der Waals surface area (Å²) in [5, 5.41) is 37.9. The molecule has 1 aliphatic rings. The normalized spacial score (nSPS) is 33.7. The lowest BCUT2D eigenvalue weighted by molar-refractivity contribution is -0.285. The predicted molar refractivity (Wildman–Crippen MR) is 65.6 cm³/mol. The number of ether oxygens (including phenoxy) is 2. The Balaban J connectivity index is 2.06. The molecule has 0 bridgehead atoms. The second-order valence-corrected chi connectivity index (χ2v) is 4.47. The van der Waals surface area contributed by atoms with Gasteiger partial charge in [0.1, 0.15) is 24.4 Å². The van der Waals surface area contributed by atoms with E-state index >= 15 is 0 Å². The van der Waals surface area contributed by atoms with Gasteiger partial charge in [-0.25, -0.2) is 4.79 Å². The molecule has 1 fully saturated rings. The molecule has 2 rings (SSSR count). The summed E-state index contributed by atoms with van der Waals surface area (Å²) >= 11 is 0. The average molecular weight is 284 g/mol. The maximum atomic E-state index is 11.8. The minimum absolute atomic E-state index is 0.254. The van der Waals surface area contributed by atoms with Gasteiger partial charge in [-0.2, -0.15) is 0 Å². The van der Waals surface area contributed by atoms with Gasteiger partial charge in [-0.05, 0) is 12.1 Å². The molecule has 7 nitrogen and oxygen atoms in total. The van der Waals surface area contributed by atoms with Crippen LogP contribution in [0.5, 0.6) is 0 Å². The first kappa shape index (κ1) is 14.9. The molecule has 5 atom stereocenters.